The van der Waals surface area contributed by atoms with E-state index in [2.05, 4.69) is 46.8 Å². The fourth-order valence-electron chi connectivity index (χ4n) is 3.56. The van der Waals surface area contributed by atoms with Crippen LogP contribution in [0.5, 0.6) is 0 Å². The van der Waals surface area contributed by atoms with Crippen LogP contribution in [0.1, 0.15) is 18.9 Å². The van der Waals surface area contributed by atoms with Crippen molar-refractivity contribution in [2.24, 2.45) is 0 Å². The lowest BCUT2D eigenvalue weighted by Gasteiger charge is -2.18. The third-order valence-electron chi connectivity index (χ3n) is 4.74. The zero-order valence-electron chi connectivity index (χ0n) is 13.5. The molecule has 2 aromatic rings. The zero-order valence-corrected chi connectivity index (χ0v) is 13.5. The summed E-state index contributed by atoms with van der Waals surface area (Å²) in [5, 5.41) is 6.52. The van der Waals surface area contributed by atoms with Crippen LogP contribution in [0.3, 0.4) is 0 Å². The van der Waals surface area contributed by atoms with Crippen molar-refractivity contribution < 1.29 is 4.79 Å². The van der Waals surface area contributed by atoms with Crippen LogP contribution in [0.25, 0.3) is 11.1 Å². The molecule has 1 atom stereocenters. The van der Waals surface area contributed by atoms with Gasteiger partial charge in [-0.25, -0.2) is 0 Å². The van der Waals surface area contributed by atoms with Crippen molar-refractivity contribution >= 4 is 23.0 Å². The van der Waals surface area contributed by atoms with E-state index in [1.165, 1.54) is 16.8 Å². The average Bonchev–Trinajstić information content (AvgIpc) is 2.81. The molecule has 0 aromatic heterocycles. The van der Waals surface area contributed by atoms with E-state index in [0.717, 1.165) is 29.9 Å². The summed E-state index contributed by atoms with van der Waals surface area (Å²) in [7, 11) is 2.14. The van der Waals surface area contributed by atoms with Crippen LogP contribution in [-0.4, -0.2) is 25.5 Å². The first-order valence-electron chi connectivity index (χ1n) is 8.15. The number of hydrogen-bond donors (Lipinski definition) is 2. The number of hydrogen-bond acceptors (Lipinski definition) is 3. The van der Waals surface area contributed by atoms with Gasteiger partial charge in [-0.3, -0.25) is 4.79 Å². The lowest BCUT2D eigenvalue weighted by molar-refractivity contribution is -0.116. The smallest absolute Gasteiger partial charge is 0.226 e. The minimum absolute atomic E-state index is 0.0662. The first kappa shape index (κ1) is 14.1. The molecule has 0 unspecified atom stereocenters. The number of fused-ring (bicyclic) bond motifs is 2. The van der Waals surface area contributed by atoms with Crippen LogP contribution < -0.4 is 15.5 Å². The van der Waals surface area contributed by atoms with E-state index in [9.17, 15) is 4.79 Å². The number of nitrogens with one attached hydrogen (secondary N) is 2. The second-order valence-corrected chi connectivity index (χ2v) is 6.54. The van der Waals surface area contributed by atoms with Gasteiger partial charge in [-0.1, -0.05) is 18.2 Å². The summed E-state index contributed by atoms with van der Waals surface area (Å²) in [4.78, 5) is 14.2. The van der Waals surface area contributed by atoms with E-state index in [1.54, 1.807) is 0 Å². The third-order valence-corrected chi connectivity index (χ3v) is 4.74. The number of carbonyl (C=O) groups is 1. The van der Waals surface area contributed by atoms with Gasteiger partial charge in [0.05, 0.1) is 11.4 Å². The molecule has 2 aromatic carbocycles. The Balaban J connectivity index is 1.81. The largest absolute Gasteiger partial charge is 0.380 e. The maximum Gasteiger partial charge on any atom is 0.226 e. The van der Waals surface area contributed by atoms with Crippen LogP contribution >= 0.6 is 0 Å². The van der Waals surface area contributed by atoms with Crippen molar-refractivity contribution in [3.05, 3.63) is 42.0 Å². The SMILES string of the molecule is C[C@@H]1CC(=O)Nc2cccc(-c3ccc4c(c3)CCN4C)c2N1. The van der Waals surface area contributed by atoms with Gasteiger partial charge in [0.2, 0.25) is 5.91 Å². The van der Waals surface area contributed by atoms with Gasteiger partial charge in [0.15, 0.2) is 0 Å². The fraction of sp³-hybridized carbons (Fsp3) is 0.316. The highest BCUT2D eigenvalue weighted by molar-refractivity contribution is 6.00. The van der Waals surface area contributed by atoms with Gasteiger partial charge in [0, 0.05) is 37.3 Å². The number of nitrogens with zero attached hydrogens (tertiary/aromatic N) is 1. The summed E-state index contributed by atoms with van der Waals surface area (Å²) in [6.45, 7) is 3.13. The molecule has 4 heteroatoms. The monoisotopic (exact) mass is 307 g/mol. The Bertz CT molecular complexity index is 784. The van der Waals surface area contributed by atoms with Crippen molar-refractivity contribution in [3.8, 4) is 11.1 Å². The summed E-state index contributed by atoms with van der Waals surface area (Å²) in [5.74, 6) is 0.0662. The van der Waals surface area contributed by atoms with Crippen LogP contribution in [0.15, 0.2) is 36.4 Å². The minimum Gasteiger partial charge on any atom is -0.380 e. The highest BCUT2D eigenvalue weighted by Gasteiger charge is 2.21. The predicted molar refractivity (Wildman–Crippen MR) is 95.2 cm³/mol. The quantitative estimate of drug-likeness (QED) is 0.847. The fourth-order valence-corrected chi connectivity index (χ4v) is 3.56. The Morgan fingerprint density at radius 2 is 2.09 bits per heavy atom. The van der Waals surface area contributed by atoms with Crippen LogP contribution in [0.2, 0.25) is 0 Å². The first-order valence-corrected chi connectivity index (χ1v) is 8.15. The molecule has 2 aliphatic heterocycles. The summed E-state index contributed by atoms with van der Waals surface area (Å²) < 4.78 is 0. The highest BCUT2D eigenvalue weighted by Crippen LogP contribution is 2.39. The van der Waals surface area contributed by atoms with E-state index in [4.69, 9.17) is 0 Å². The number of likely N-dealkylation sites (N-methyl/N-ethyl adjacent to an activating group) is 1. The van der Waals surface area contributed by atoms with Crippen molar-refractivity contribution in [2.45, 2.75) is 25.8 Å². The molecule has 118 valence electrons. The van der Waals surface area contributed by atoms with Crippen LogP contribution in [-0.2, 0) is 11.2 Å². The van der Waals surface area contributed by atoms with Gasteiger partial charge in [-0.05, 0) is 42.7 Å². The van der Waals surface area contributed by atoms with Crippen molar-refractivity contribution in [1.29, 1.82) is 0 Å². The van der Waals surface area contributed by atoms with Gasteiger partial charge < -0.3 is 15.5 Å². The number of amides is 1. The van der Waals surface area contributed by atoms with Crippen molar-refractivity contribution in [3.63, 3.8) is 0 Å². The topological polar surface area (TPSA) is 44.4 Å². The molecule has 0 saturated carbocycles. The van der Waals surface area contributed by atoms with Gasteiger partial charge in [0.1, 0.15) is 0 Å². The average molecular weight is 307 g/mol. The van der Waals surface area contributed by atoms with E-state index in [-0.39, 0.29) is 11.9 Å². The molecular formula is C19H21N3O. The number of para-hydroxylation sites is 1. The first-order chi connectivity index (χ1) is 11.1. The van der Waals surface area contributed by atoms with Gasteiger partial charge in [-0.2, -0.15) is 0 Å². The highest BCUT2D eigenvalue weighted by atomic mass is 16.1. The second-order valence-electron chi connectivity index (χ2n) is 6.54. The molecule has 4 rings (SSSR count). The summed E-state index contributed by atoms with van der Waals surface area (Å²) >= 11 is 0. The van der Waals surface area contributed by atoms with Gasteiger partial charge >= 0.3 is 0 Å². The molecular weight excluding hydrogens is 286 g/mol. The number of benzene rings is 2. The summed E-state index contributed by atoms with van der Waals surface area (Å²) in [5.41, 5.74) is 6.96. The lowest BCUT2D eigenvalue weighted by atomic mass is 9.99. The number of anilines is 3. The molecule has 1 amide bonds. The molecule has 2 heterocycles. The maximum atomic E-state index is 11.9. The molecule has 0 spiro atoms. The zero-order chi connectivity index (χ0) is 16.0. The Kier molecular flexibility index (Phi) is 3.26. The number of rotatable bonds is 1. The van der Waals surface area contributed by atoms with Crippen molar-refractivity contribution in [1.82, 2.24) is 0 Å². The van der Waals surface area contributed by atoms with E-state index in [0.29, 0.717) is 6.42 Å². The molecule has 2 N–H and O–H groups in total. The molecule has 0 fully saturated rings. The standard InChI is InChI=1S/C19H21N3O/c1-12-10-18(23)21-16-5-3-4-15(19(16)20-12)13-6-7-17-14(11-13)8-9-22(17)2/h3-7,11-12,20H,8-10H2,1-2H3,(H,21,23)/t12-/m1/s1. The molecule has 0 radical (unpaired) electrons. The summed E-state index contributed by atoms with van der Waals surface area (Å²) in [6.07, 6.45) is 1.58. The second kappa shape index (κ2) is 5.30. The summed E-state index contributed by atoms with van der Waals surface area (Å²) in [6, 6.07) is 12.9. The molecule has 0 saturated heterocycles. The van der Waals surface area contributed by atoms with Crippen LogP contribution in [0.4, 0.5) is 17.1 Å². The Morgan fingerprint density at radius 3 is 2.96 bits per heavy atom. The van der Waals surface area contributed by atoms with E-state index in [1.807, 2.05) is 19.1 Å². The molecule has 0 bridgehead atoms. The van der Waals surface area contributed by atoms with Crippen LogP contribution in [0, 0.1) is 0 Å². The van der Waals surface area contributed by atoms with Crippen molar-refractivity contribution in [2.75, 3.05) is 29.1 Å². The minimum atomic E-state index is 0.0662. The molecule has 23 heavy (non-hydrogen) atoms. The van der Waals surface area contributed by atoms with Gasteiger partial charge in [0.25, 0.3) is 0 Å². The molecule has 0 aliphatic carbocycles. The normalized spacial score (nSPS) is 19.5. The number of carbonyl (C=O) groups excluding carboxylic acids is 1. The lowest BCUT2D eigenvalue weighted by Crippen LogP contribution is -2.19. The van der Waals surface area contributed by atoms with E-state index >= 15 is 0 Å². The third kappa shape index (κ3) is 2.44. The predicted octanol–water partition coefficient (Wildman–Crippen LogP) is 3.49. The molecule has 4 nitrogen and oxygen atoms in total. The maximum absolute atomic E-state index is 11.9. The van der Waals surface area contributed by atoms with E-state index < -0.39 is 0 Å². The molecule has 2 aliphatic rings. The Hall–Kier alpha value is -2.49. The van der Waals surface area contributed by atoms with Gasteiger partial charge in [-0.15, -0.1) is 0 Å². The Labute approximate surface area is 136 Å². The Morgan fingerprint density at radius 1 is 1.22 bits per heavy atom.